The fourth-order valence-electron chi connectivity index (χ4n) is 2.60. The number of aryl methyl sites for hydroxylation is 2. The highest BCUT2D eigenvalue weighted by Gasteiger charge is 2.39. The van der Waals surface area contributed by atoms with Crippen LogP contribution in [0, 0.1) is 31.1 Å². The zero-order valence-corrected chi connectivity index (χ0v) is 11.3. The van der Waals surface area contributed by atoms with E-state index < -0.39 is 5.92 Å². The number of aromatic nitrogens is 2. The number of carbonyl (C=O) groups excluding carboxylic acids is 1. The van der Waals surface area contributed by atoms with E-state index in [2.05, 4.69) is 21.6 Å². The normalized spacial score (nSPS) is 20.9. The maximum Gasteiger partial charge on any atom is 0.242 e. The first-order chi connectivity index (χ1) is 9.61. The molecule has 0 fully saturated rings. The number of nitrogens with zero attached hydrogens (tertiary/aromatic N) is 2. The predicted octanol–water partition coefficient (Wildman–Crippen LogP) is 2.25. The Morgan fingerprint density at radius 1 is 1.25 bits per heavy atom. The molecule has 2 atom stereocenters. The molecule has 1 aromatic carbocycles. The maximum atomic E-state index is 12.1. The maximum absolute atomic E-state index is 12.1. The number of benzene rings is 1. The number of amides is 1. The van der Waals surface area contributed by atoms with Gasteiger partial charge in [0.05, 0.1) is 29.1 Å². The number of anilines is 1. The van der Waals surface area contributed by atoms with Crippen LogP contribution in [-0.2, 0) is 4.79 Å². The number of nitrogens with one attached hydrogen (secondary N) is 2. The average molecular weight is 266 g/mol. The standard InChI is InChI=1S/C15H14N4O/c1-8-3-5-10(6-4-8)12-11(7-16)15(20)17-13-9(2)18-19-14(12)13/h3-6,11-12H,1-2H3,(H,17,20)(H,18,19)/t11-,12-/m0/s1. The lowest BCUT2D eigenvalue weighted by Gasteiger charge is -2.26. The molecule has 2 heterocycles. The molecule has 3 rings (SSSR count). The first-order valence-electron chi connectivity index (χ1n) is 6.43. The van der Waals surface area contributed by atoms with Crippen molar-refractivity contribution in [2.45, 2.75) is 19.8 Å². The fourth-order valence-corrected chi connectivity index (χ4v) is 2.60. The van der Waals surface area contributed by atoms with Crippen molar-refractivity contribution in [1.82, 2.24) is 10.2 Å². The number of carbonyl (C=O) groups is 1. The molecule has 0 saturated carbocycles. The molecule has 0 aliphatic carbocycles. The second-order valence-corrected chi connectivity index (χ2v) is 5.09. The van der Waals surface area contributed by atoms with Gasteiger partial charge in [-0.05, 0) is 19.4 Å². The molecule has 1 aliphatic rings. The predicted molar refractivity (Wildman–Crippen MR) is 74.1 cm³/mol. The molecular formula is C15H14N4O. The van der Waals surface area contributed by atoms with Crippen LogP contribution in [0.3, 0.4) is 0 Å². The number of aromatic amines is 1. The van der Waals surface area contributed by atoms with Crippen LogP contribution in [-0.4, -0.2) is 16.1 Å². The van der Waals surface area contributed by atoms with Crippen LogP contribution < -0.4 is 5.32 Å². The fraction of sp³-hybridized carbons (Fsp3) is 0.267. The Hall–Kier alpha value is -2.61. The lowest BCUT2D eigenvalue weighted by Crippen LogP contribution is -2.33. The Kier molecular flexibility index (Phi) is 2.79. The van der Waals surface area contributed by atoms with E-state index in [0.717, 1.165) is 22.5 Å². The molecule has 0 bridgehead atoms. The largest absolute Gasteiger partial charge is 0.322 e. The minimum Gasteiger partial charge on any atom is -0.322 e. The van der Waals surface area contributed by atoms with Crippen molar-refractivity contribution in [3.8, 4) is 6.07 Å². The van der Waals surface area contributed by atoms with E-state index >= 15 is 0 Å². The molecule has 100 valence electrons. The van der Waals surface area contributed by atoms with Crippen molar-refractivity contribution >= 4 is 11.6 Å². The number of nitriles is 1. The molecule has 1 amide bonds. The van der Waals surface area contributed by atoms with Gasteiger partial charge in [-0.25, -0.2) is 0 Å². The van der Waals surface area contributed by atoms with Gasteiger partial charge in [-0.1, -0.05) is 29.8 Å². The quantitative estimate of drug-likeness (QED) is 0.830. The third-order valence-electron chi connectivity index (χ3n) is 3.71. The van der Waals surface area contributed by atoms with Gasteiger partial charge in [0, 0.05) is 0 Å². The van der Waals surface area contributed by atoms with Crippen molar-refractivity contribution < 1.29 is 4.79 Å². The summed E-state index contributed by atoms with van der Waals surface area (Å²) in [4.78, 5) is 12.1. The van der Waals surface area contributed by atoms with Gasteiger partial charge in [0.2, 0.25) is 5.91 Å². The van der Waals surface area contributed by atoms with Crippen molar-refractivity contribution in [3.63, 3.8) is 0 Å². The van der Waals surface area contributed by atoms with Crippen LogP contribution in [0.5, 0.6) is 0 Å². The molecule has 0 saturated heterocycles. The molecule has 5 heteroatoms. The van der Waals surface area contributed by atoms with Crippen LogP contribution in [0.4, 0.5) is 5.69 Å². The Labute approximate surface area is 116 Å². The molecule has 20 heavy (non-hydrogen) atoms. The van der Waals surface area contributed by atoms with Crippen molar-refractivity contribution in [2.24, 2.45) is 5.92 Å². The van der Waals surface area contributed by atoms with Gasteiger partial charge in [-0.15, -0.1) is 0 Å². The van der Waals surface area contributed by atoms with E-state index in [0.29, 0.717) is 5.69 Å². The molecule has 1 aromatic heterocycles. The van der Waals surface area contributed by atoms with Crippen LogP contribution in [0.1, 0.15) is 28.4 Å². The van der Waals surface area contributed by atoms with Crippen LogP contribution in [0.25, 0.3) is 0 Å². The minimum absolute atomic E-state index is 0.268. The highest BCUT2D eigenvalue weighted by Crippen LogP contribution is 2.40. The molecule has 0 unspecified atom stereocenters. The van der Waals surface area contributed by atoms with E-state index in [1.807, 2.05) is 38.1 Å². The van der Waals surface area contributed by atoms with Gasteiger partial charge < -0.3 is 5.32 Å². The van der Waals surface area contributed by atoms with Crippen molar-refractivity contribution in [2.75, 3.05) is 5.32 Å². The lowest BCUT2D eigenvalue weighted by atomic mass is 9.80. The monoisotopic (exact) mass is 266 g/mol. The van der Waals surface area contributed by atoms with Crippen molar-refractivity contribution in [3.05, 3.63) is 46.8 Å². The minimum atomic E-state index is -0.757. The molecule has 2 aromatic rings. The summed E-state index contributed by atoms with van der Waals surface area (Å²) in [7, 11) is 0. The van der Waals surface area contributed by atoms with E-state index in [9.17, 15) is 10.1 Å². The van der Waals surface area contributed by atoms with E-state index in [1.54, 1.807) is 0 Å². The third kappa shape index (κ3) is 1.77. The van der Waals surface area contributed by atoms with Gasteiger partial charge in [0.15, 0.2) is 0 Å². The molecular weight excluding hydrogens is 252 g/mol. The summed E-state index contributed by atoms with van der Waals surface area (Å²) < 4.78 is 0. The first-order valence-corrected chi connectivity index (χ1v) is 6.43. The molecule has 5 nitrogen and oxygen atoms in total. The third-order valence-corrected chi connectivity index (χ3v) is 3.71. The Balaban J connectivity index is 2.17. The molecule has 2 N–H and O–H groups in total. The SMILES string of the molecule is Cc1ccc([C@@H]2c3n[nH]c(C)c3NC(=O)[C@H]2C#N)cc1. The van der Waals surface area contributed by atoms with E-state index in [1.165, 1.54) is 0 Å². The smallest absolute Gasteiger partial charge is 0.242 e. The van der Waals surface area contributed by atoms with Crippen LogP contribution in [0.15, 0.2) is 24.3 Å². The summed E-state index contributed by atoms with van der Waals surface area (Å²) in [5, 5.41) is 19.3. The molecule has 1 aliphatic heterocycles. The van der Waals surface area contributed by atoms with Gasteiger partial charge in [0.1, 0.15) is 5.92 Å². The molecule has 0 spiro atoms. The zero-order chi connectivity index (χ0) is 14.3. The summed E-state index contributed by atoms with van der Waals surface area (Å²) in [6.07, 6.45) is 0. The van der Waals surface area contributed by atoms with E-state index in [4.69, 9.17) is 0 Å². The second kappa shape index (κ2) is 4.49. The molecule has 0 radical (unpaired) electrons. The van der Waals surface area contributed by atoms with Crippen molar-refractivity contribution in [1.29, 1.82) is 5.26 Å². The van der Waals surface area contributed by atoms with Crippen LogP contribution >= 0.6 is 0 Å². The topological polar surface area (TPSA) is 81.6 Å². The van der Waals surface area contributed by atoms with E-state index in [-0.39, 0.29) is 11.8 Å². The highest BCUT2D eigenvalue weighted by atomic mass is 16.2. The lowest BCUT2D eigenvalue weighted by molar-refractivity contribution is -0.119. The second-order valence-electron chi connectivity index (χ2n) is 5.09. The Bertz CT molecular complexity index is 708. The number of H-pyrrole nitrogens is 1. The Morgan fingerprint density at radius 3 is 2.60 bits per heavy atom. The highest BCUT2D eigenvalue weighted by molar-refractivity contribution is 5.99. The summed E-state index contributed by atoms with van der Waals surface area (Å²) in [6.45, 7) is 3.86. The first kappa shape index (κ1) is 12.4. The number of hydrogen-bond acceptors (Lipinski definition) is 3. The van der Waals surface area contributed by atoms with Crippen LogP contribution in [0.2, 0.25) is 0 Å². The number of hydrogen-bond donors (Lipinski definition) is 2. The zero-order valence-electron chi connectivity index (χ0n) is 11.3. The number of rotatable bonds is 1. The summed E-state index contributed by atoms with van der Waals surface area (Å²) in [6, 6.07) is 9.97. The van der Waals surface area contributed by atoms with Gasteiger partial charge >= 0.3 is 0 Å². The summed E-state index contributed by atoms with van der Waals surface area (Å²) >= 11 is 0. The Morgan fingerprint density at radius 2 is 1.95 bits per heavy atom. The summed E-state index contributed by atoms with van der Waals surface area (Å²) in [5.74, 6) is -1.35. The van der Waals surface area contributed by atoms with Gasteiger partial charge in [0.25, 0.3) is 0 Å². The average Bonchev–Trinajstić information content (AvgIpc) is 2.80. The number of fused-ring (bicyclic) bond motifs is 1. The van der Waals surface area contributed by atoms with Gasteiger partial charge in [-0.3, -0.25) is 9.89 Å². The summed E-state index contributed by atoms with van der Waals surface area (Å²) in [5.41, 5.74) is 4.32. The van der Waals surface area contributed by atoms with Gasteiger partial charge in [-0.2, -0.15) is 10.4 Å².